The molecule has 0 radical (unpaired) electrons. The van der Waals surface area contributed by atoms with Crippen LogP contribution < -0.4 is 5.32 Å². The van der Waals surface area contributed by atoms with Crippen LogP contribution in [0.25, 0.3) is 0 Å². The van der Waals surface area contributed by atoms with Gasteiger partial charge in [0.2, 0.25) is 6.35 Å². The van der Waals surface area contributed by atoms with Crippen LogP contribution in [0.3, 0.4) is 0 Å². The predicted octanol–water partition coefficient (Wildman–Crippen LogP) is -0.0596. The molecule has 0 saturated heterocycles. The number of hydrogen-bond acceptors (Lipinski definition) is 5. The standard InChI is InChI=1S/C6H11N3O2/c1-4-7-5(10-2)9-6(8-4)11-3/h5H,1-3H3,(H,7,8,9). The summed E-state index contributed by atoms with van der Waals surface area (Å²) in [4.78, 5) is 7.97. The number of nitrogens with one attached hydrogen (secondary N) is 1. The first-order valence-electron chi connectivity index (χ1n) is 3.22. The SMILES string of the molecule is COC1=NC(C)=NC(OC)N1. The lowest BCUT2D eigenvalue weighted by molar-refractivity contribution is 0.0903. The molecule has 1 rings (SSSR count). The molecule has 11 heavy (non-hydrogen) atoms. The Kier molecular flexibility index (Phi) is 2.43. The lowest BCUT2D eigenvalue weighted by Crippen LogP contribution is -2.39. The lowest BCUT2D eigenvalue weighted by Gasteiger charge is -2.18. The first kappa shape index (κ1) is 8.00. The molecule has 1 aliphatic heterocycles. The molecule has 1 heterocycles. The molecule has 0 amide bonds. The second-order valence-electron chi connectivity index (χ2n) is 2.03. The van der Waals surface area contributed by atoms with E-state index in [-0.39, 0.29) is 6.35 Å². The van der Waals surface area contributed by atoms with E-state index in [1.165, 1.54) is 7.11 Å². The summed E-state index contributed by atoms with van der Waals surface area (Å²) in [5, 5.41) is 2.80. The third kappa shape index (κ3) is 1.91. The van der Waals surface area contributed by atoms with Gasteiger partial charge in [-0.15, -0.1) is 0 Å². The Labute approximate surface area is 65.1 Å². The van der Waals surface area contributed by atoms with Crippen LogP contribution in [-0.4, -0.2) is 32.4 Å². The largest absolute Gasteiger partial charge is 0.468 e. The molecule has 0 aliphatic carbocycles. The van der Waals surface area contributed by atoms with Gasteiger partial charge in [-0.1, -0.05) is 0 Å². The summed E-state index contributed by atoms with van der Waals surface area (Å²) in [6, 6.07) is 0.435. The third-order valence-corrected chi connectivity index (χ3v) is 1.23. The van der Waals surface area contributed by atoms with Gasteiger partial charge in [0.15, 0.2) is 0 Å². The Balaban J connectivity index is 2.67. The number of hydrogen-bond donors (Lipinski definition) is 1. The zero-order chi connectivity index (χ0) is 8.27. The van der Waals surface area contributed by atoms with Crippen LogP contribution in [0.1, 0.15) is 6.92 Å². The molecule has 0 aromatic heterocycles. The highest BCUT2D eigenvalue weighted by atomic mass is 16.5. The second-order valence-corrected chi connectivity index (χ2v) is 2.03. The van der Waals surface area contributed by atoms with E-state index in [2.05, 4.69) is 15.3 Å². The summed E-state index contributed by atoms with van der Waals surface area (Å²) >= 11 is 0. The van der Waals surface area contributed by atoms with Gasteiger partial charge in [-0.2, -0.15) is 4.99 Å². The van der Waals surface area contributed by atoms with Crippen molar-refractivity contribution in [2.75, 3.05) is 14.2 Å². The minimum atomic E-state index is -0.373. The maximum atomic E-state index is 4.93. The van der Waals surface area contributed by atoms with Gasteiger partial charge in [0.1, 0.15) is 5.84 Å². The minimum Gasteiger partial charge on any atom is -0.468 e. The second kappa shape index (κ2) is 3.34. The summed E-state index contributed by atoms with van der Waals surface area (Å²) in [5.74, 6) is 0.646. The van der Waals surface area contributed by atoms with Gasteiger partial charge < -0.3 is 9.47 Å². The molecule has 0 bridgehead atoms. The monoisotopic (exact) mass is 157 g/mol. The number of methoxy groups -OCH3 is 2. The third-order valence-electron chi connectivity index (χ3n) is 1.23. The van der Waals surface area contributed by atoms with Gasteiger partial charge in [0, 0.05) is 7.11 Å². The Morgan fingerprint density at radius 2 is 2.18 bits per heavy atom. The number of rotatable bonds is 1. The van der Waals surface area contributed by atoms with Crippen molar-refractivity contribution in [1.29, 1.82) is 0 Å². The summed E-state index contributed by atoms with van der Waals surface area (Å²) in [6.07, 6.45) is -0.373. The van der Waals surface area contributed by atoms with E-state index < -0.39 is 0 Å². The lowest BCUT2D eigenvalue weighted by atomic mass is 10.6. The van der Waals surface area contributed by atoms with Crippen molar-refractivity contribution in [3.63, 3.8) is 0 Å². The highest BCUT2D eigenvalue weighted by Gasteiger charge is 2.13. The maximum absolute atomic E-state index is 4.93. The van der Waals surface area contributed by atoms with Crippen molar-refractivity contribution >= 4 is 11.9 Å². The zero-order valence-electron chi connectivity index (χ0n) is 6.79. The predicted molar refractivity (Wildman–Crippen MR) is 41.5 cm³/mol. The molecule has 0 aromatic rings. The van der Waals surface area contributed by atoms with E-state index >= 15 is 0 Å². The molecule has 1 aliphatic rings. The number of aliphatic imine (C=N–C) groups is 2. The summed E-state index contributed by atoms with van der Waals surface area (Å²) in [5.41, 5.74) is 0. The number of amidine groups is 2. The Hall–Kier alpha value is -1.10. The molecule has 1 N–H and O–H groups in total. The smallest absolute Gasteiger partial charge is 0.294 e. The van der Waals surface area contributed by atoms with Crippen LogP contribution >= 0.6 is 0 Å². The Bertz CT molecular complexity index is 200. The number of ether oxygens (including phenoxy) is 2. The quantitative estimate of drug-likeness (QED) is 0.580. The summed E-state index contributed by atoms with van der Waals surface area (Å²) in [7, 11) is 3.10. The molecular weight excluding hydrogens is 146 g/mol. The zero-order valence-corrected chi connectivity index (χ0v) is 6.79. The highest BCUT2D eigenvalue weighted by Crippen LogP contribution is 1.97. The fraction of sp³-hybridized carbons (Fsp3) is 0.667. The van der Waals surface area contributed by atoms with Gasteiger partial charge in [0.05, 0.1) is 7.11 Å². The van der Waals surface area contributed by atoms with Crippen molar-refractivity contribution in [3.05, 3.63) is 0 Å². The van der Waals surface area contributed by atoms with Crippen LogP contribution in [0.2, 0.25) is 0 Å². The van der Waals surface area contributed by atoms with E-state index in [9.17, 15) is 0 Å². The molecule has 5 heteroatoms. The van der Waals surface area contributed by atoms with Crippen LogP contribution in [0.5, 0.6) is 0 Å². The molecule has 5 nitrogen and oxygen atoms in total. The van der Waals surface area contributed by atoms with E-state index in [1.807, 2.05) is 0 Å². The van der Waals surface area contributed by atoms with Crippen molar-refractivity contribution in [2.24, 2.45) is 9.98 Å². The topological polar surface area (TPSA) is 55.2 Å². The molecule has 62 valence electrons. The van der Waals surface area contributed by atoms with E-state index in [1.54, 1.807) is 14.0 Å². The van der Waals surface area contributed by atoms with Crippen molar-refractivity contribution < 1.29 is 9.47 Å². The molecule has 0 aromatic carbocycles. The fourth-order valence-electron chi connectivity index (χ4n) is 0.732. The van der Waals surface area contributed by atoms with Gasteiger partial charge in [-0.25, -0.2) is 4.99 Å². The molecule has 1 atom stereocenters. The highest BCUT2D eigenvalue weighted by molar-refractivity contribution is 5.93. The van der Waals surface area contributed by atoms with Crippen molar-refractivity contribution in [1.82, 2.24) is 5.32 Å². The molecule has 0 fully saturated rings. The molecular formula is C6H11N3O2. The molecule has 0 spiro atoms. The summed E-state index contributed by atoms with van der Waals surface area (Å²) in [6.45, 7) is 1.78. The van der Waals surface area contributed by atoms with Gasteiger partial charge in [0.25, 0.3) is 6.02 Å². The van der Waals surface area contributed by atoms with Gasteiger partial charge in [-0.05, 0) is 6.92 Å². The summed E-state index contributed by atoms with van der Waals surface area (Å²) < 4.78 is 9.81. The fourth-order valence-corrected chi connectivity index (χ4v) is 0.732. The molecule has 1 unspecified atom stereocenters. The van der Waals surface area contributed by atoms with E-state index in [0.717, 1.165) is 0 Å². The van der Waals surface area contributed by atoms with Crippen LogP contribution in [0, 0.1) is 0 Å². The van der Waals surface area contributed by atoms with E-state index in [0.29, 0.717) is 11.9 Å². The Morgan fingerprint density at radius 3 is 2.73 bits per heavy atom. The molecule has 0 saturated carbocycles. The average molecular weight is 157 g/mol. The maximum Gasteiger partial charge on any atom is 0.294 e. The Morgan fingerprint density at radius 1 is 1.45 bits per heavy atom. The van der Waals surface area contributed by atoms with Crippen molar-refractivity contribution in [3.8, 4) is 0 Å². The normalized spacial score (nSPS) is 23.4. The van der Waals surface area contributed by atoms with Crippen LogP contribution in [0.4, 0.5) is 0 Å². The number of nitrogens with zero attached hydrogens (tertiary/aromatic N) is 2. The van der Waals surface area contributed by atoms with Gasteiger partial charge >= 0.3 is 0 Å². The average Bonchev–Trinajstić information content (AvgIpc) is 2.03. The van der Waals surface area contributed by atoms with Crippen molar-refractivity contribution in [2.45, 2.75) is 13.3 Å². The van der Waals surface area contributed by atoms with Gasteiger partial charge in [-0.3, -0.25) is 5.32 Å². The van der Waals surface area contributed by atoms with Crippen LogP contribution in [-0.2, 0) is 9.47 Å². The first-order chi connectivity index (χ1) is 5.26. The first-order valence-corrected chi connectivity index (χ1v) is 3.22. The van der Waals surface area contributed by atoms with E-state index in [4.69, 9.17) is 9.47 Å². The minimum absolute atomic E-state index is 0.373. The van der Waals surface area contributed by atoms with Crippen LogP contribution in [0.15, 0.2) is 9.98 Å².